The smallest absolute Gasteiger partial charge is 0.416 e. The number of hydrogen-bond acceptors (Lipinski definition) is 5. The number of piperidine rings is 1. The van der Waals surface area contributed by atoms with Crippen molar-refractivity contribution in [2.24, 2.45) is 5.84 Å². The summed E-state index contributed by atoms with van der Waals surface area (Å²) in [6.45, 7) is 0. The Morgan fingerprint density at radius 2 is 1.52 bits per heavy atom. The highest BCUT2D eigenvalue weighted by Gasteiger charge is 2.50. The molecule has 0 unspecified atom stereocenters. The average Bonchev–Trinajstić information content (AvgIpc) is 3.38. The molecule has 2 fully saturated rings. The predicted octanol–water partition coefficient (Wildman–Crippen LogP) is 8.13. The topological polar surface area (TPSA) is 93.9 Å². The molecule has 3 atom stereocenters. The summed E-state index contributed by atoms with van der Waals surface area (Å²) in [5, 5.41) is 0. The van der Waals surface area contributed by atoms with Crippen LogP contribution in [0.1, 0.15) is 71.2 Å². The van der Waals surface area contributed by atoms with E-state index in [9.17, 15) is 49.1 Å². The van der Waals surface area contributed by atoms with Crippen LogP contribution in [0.3, 0.4) is 0 Å². The molecule has 258 valence electrons. The highest BCUT2D eigenvalue weighted by molar-refractivity contribution is 5.78. The van der Waals surface area contributed by atoms with Crippen LogP contribution in [0.5, 0.6) is 5.75 Å². The first kappa shape index (κ1) is 34.9. The fourth-order valence-corrected chi connectivity index (χ4v) is 6.29. The van der Waals surface area contributed by atoms with Gasteiger partial charge in [0.15, 0.2) is 0 Å². The number of hydrazine groups is 1. The molecule has 3 N–H and O–H groups in total. The highest BCUT2D eigenvalue weighted by Crippen LogP contribution is 2.50. The van der Waals surface area contributed by atoms with Gasteiger partial charge in [0, 0.05) is 12.0 Å². The largest absolute Gasteiger partial charge is 0.496 e. The molecule has 0 spiro atoms. The molecule has 16 heteroatoms. The number of hydrogen-bond donors (Lipinski definition) is 2. The molecule has 3 aromatic rings. The van der Waals surface area contributed by atoms with Crippen LogP contribution in [-0.2, 0) is 34.5 Å². The third-order valence-electron chi connectivity index (χ3n) is 8.49. The van der Waals surface area contributed by atoms with Crippen LogP contribution < -0.4 is 16.0 Å². The van der Waals surface area contributed by atoms with Crippen LogP contribution in [0.4, 0.5) is 44.3 Å². The number of amides is 2. The van der Waals surface area contributed by atoms with Crippen LogP contribution in [0, 0.1) is 0 Å². The van der Waals surface area contributed by atoms with Gasteiger partial charge in [-0.3, -0.25) is 15.1 Å². The van der Waals surface area contributed by atoms with Crippen LogP contribution in [0.2, 0.25) is 0 Å². The normalized spacial score (nSPS) is 19.9. The summed E-state index contributed by atoms with van der Waals surface area (Å²) in [4.78, 5) is 26.2. The van der Waals surface area contributed by atoms with Gasteiger partial charge in [-0.05, 0) is 90.4 Å². The second-order valence-corrected chi connectivity index (χ2v) is 11.5. The molecule has 5 rings (SSSR count). The highest BCUT2D eigenvalue weighted by atomic mass is 19.4. The van der Waals surface area contributed by atoms with Gasteiger partial charge in [-0.2, -0.15) is 39.5 Å². The Kier molecular flexibility index (Phi) is 9.34. The number of cyclic esters (lactones) is 1. The summed E-state index contributed by atoms with van der Waals surface area (Å²) in [5.74, 6) is 4.95. The predicted molar refractivity (Wildman–Crippen MR) is 152 cm³/mol. The Hall–Kier alpha value is -4.47. The molecule has 48 heavy (non-hydrogen) atoms. The first-order valence-electron chi connectivity index (χ1n) is 14.6. The SMILES string of the molecule is COc1ccc(CCC(=O)NN)cc1-c1ccc(C(F)(F)F)cc1[C@@H]1CCC[C@H]2[C@@H](c3cc(C(F)(F)F)cc(C(F)(F)F)c3)OC(=O)N12. The van der Waals surface area contributed by atoms with E-state index in [1.165, 1.54) is 13.2 Å². The van der Waals surface area contributed by atoms with Crippen LogP contribution in [0.25, 0.3) is 11.1 Å². The lowest BCUT2D eigenvalue weighted by Gasteiger charge is -2.38. The number of alkyl halides is 9. The number of nitrogens with two attached hydrogens (primary N) is 1. The summed E-state index contributed by atoms with van der Waals surface area (Å²) >= 11 is 0. The molecular formula is C32H28F9N3O4. The maximum absolute atomic E-state index is 14.0. The van der Waals surface area contributed by atoms with Crippen molar-refractivity contribution in [3.05, 3.63) is 88.0 Å². The van der Waals surface area contributed by atoms with E-state index in [2.05, 4.69) is 0 Å². The van der Waals surface area contributed by atoms with E-state index >= 15 is 0 Å². The lowest BCUT2D eigenvalue weighted by atomic mass is 9.83. The van der Waals surface area contributed by atoms with Crippen molar-refractivity contribution in [1.82, 2.24) is 10.3 Å². The lowest BCUT2D eigenvalue weighted by Crippen LogP contribution is -2.41. The zero-order valence-corrected chi connectivity index (χ0v) is 25.0. The Morgan fingerprint density at radius 1 is 0.875 bits per heavy atom. The van der Waals surface area contributed by atoms with Gasteiger partial charge in [0.1, 0.15) is 11.9 Å². The van der Waals surface area contributed by atoms with E-state index in [1.54, 1.807) is 18.2 Å². The van der Waals surface area contributed by atoms with Crippen molar-refractivity contribution in [2.45, 2.75) is 68.8 Å². The number of halogens is 9. The Morgan fingerprint density at radius 3 is 2.10 bits per heavy atom. The molecule has 3 aromatic carbocycles. The molecule has 2 aliphatic rings. The van der Waals surface area contributed by atoms with Gasteiger partial charge in [-0.1, -0.05) is 12.1 Å². The average molecular weight is 690 g/mol. The van der Waals surface area contributed by atoms with Crippen molar-refractivity contribution >= 4 is 12.0 Å². The van der Waals surface area contributed by atoms with E-state index < -0.39 is 71.0 Å². The summed E-state index contributed by atoms with van der Waals surface area (Å²) in [5.41, 5.74) is -1.59. The summed E-state index contributed by atoms with van der Waals surface area (Å²) in [6, 6.07) is 6.46. The van der Waals surface area contributed by atoms with Gasteiger partial charge in [-0.25, -0.2) is 10.6 Å². The van der Waals surface area contributed by atoms with Crippen molar-refractivity contribution in [2.75, 3.05) is 7.11 Å². The molecule has 2 aliphatic heterocycles. The molecule has 0 aliphatic carbocycles. The van der Waals surface area contributed by atoms with Crippen molar-refractivity contribution in [3.8, 4) is 16.9 Å². The van der Waals surface area contributed by atoms with Gasteiger partial charge >= 0.3 is 24.6 Å². The standard InChI is InChI=1S/C32H28F9N3O4/c1-47-26-9-5-16(6-10-27(45)43-42)11-23(26)21-8-7-18(30(33,34)35)15-22(21)24-3-2-4-25-28(48-29(46)44(24)25)17-12-19(31(36,37)38)14-20(13-17)32(39,40)41/h5,7-9,11-15,24-25,28H,2-4,6,10,42H2,1H3,(H,43,45)/t24-,25-,28+/m0/s1. The maximum Gasteiger partial charge on any atom is 0.416 e. The monoisotopic (exact) mass is 689 g/mol. The number of ether oxygens (including phenoxy) is 2. The summed E-state index contributed by atoms with van der Waals surface area (Å²) in [7, 11) is 1.34. The van der Waals surface area contributed by atoms with Gasteiger partial charge in [0.2, 0.25) is 5.91 Å². The Balaban J connectivity index is 1.62. The van der Waals surface area contributed by atoms with Crippen molar-refractivity contribution < 1.29 is 58.6 Å². The second-order valence-electron chi connectivity index (χ2n) is 11.5. The summed E-state index contributed by atoms with van der Waals surface area (Å²) < 4.78 is 135. The van der Waals surface area contributed by atoms with Crippen LogP contribution in [-0.4, -0.2) is 30.1 Å². The lowest BCUT2D eigenvalue weighted by molar-refractivity contribution is -0.143. The van der Waals surface area contributed by atoms with Crippen molar-refractivity contribution in [3.63, 3.8) is 0 Å². The zero-order valence-electron chi connectivity index (χ0n) is 25.0. The number of benzene rings is 3. The van der Waals surface area contributed by atoms with Gasteiger partial charge in [0.05, 0.1) is 35.9 Å². The van der Waals surface area contributed by atoms with Gasteiger partial charge < -0.3 is 9.47 Å². The molecule has 2 heterocycles. The Bertz CT molecular complexity index is 1670. The number of aryl methyl sites for hydroxylation is 1. The van der Waals surface area contributed by atoms with Crippen LogP contribution >= 0.6 is 0 Å². The van der Waals surface area contributed by atoms with E-state index in [-0.39, 0.29) is 55.0 Å². The first-order valence-corrected chi connectivity index (χ1v) is 14.6. The molecule has 2 saturated heterocycles. The number of nitrogens with one attached hydrogen (secondary N) is 1. The number of nitrogens with zero attached hydrogens (tertiary/aromatic N) is 1. The van der Waals surface area contributed by atoms with E-state index in [0.717, 1.165) is 17.0 Å². The minimum atomic E-state index is -5.15. The van der Waals surface area contributed by atoms with Crippen LogP contribution in [0.15, 0.2) is 54.6 Å². The molecule has 0 saturated carbocycles. The fraction of sp³-hybridized carbons (Fsp3) is 0.375. The summed E-state index contributed by atoms with van der Waals surface area (Å²) in [6.07, 6.45) is -17.1. The number of fused-ring (bicyclic) bond motifs is 1. The number of methoxy groups -OCH3 is 1. The number of rotatable bonds is 7. The van der Waals surface area contributed by atoms with E-state index in [1.807, 2.05) is 5.43 Å². The van der Waals surface area contributed by atoms with Gasteiger partial charge in [0.25, 0.3) is 0 Å². The minimum absolute atomic E-state index is 0.000951. The molecule has 0 aromatic heterocycles. The number of carbonyl (C=O) groups excluding carboxylic acids is 2. The van der Waals surface area contributed by atoms with E-state index in [4.69, 9.17) is 15.3 Å². The third-order valence-corrected chi connectivity index (χ3v) is 8.49. The van der Waals surface area contributed by atoms with E-state index in [0.29, 0.717) is 23.3 Å². The second kappa shape index (κ2) is 12.9. The maximum atomic E-state index is 14.0. The molecule has 0 bridgehead atoms. The molecule has 7 nitrogen and oxygen atoms in total. The van der Waals surface area contributed by atoms with Gasteiger partial charge in [-0.15, -0.1) is 0 Å². The Labute approximate surface area is 267 Å². The molecular weight excluding hydrogens is 661 g/mol. The molecule has 0 radical (unpaired) electrons. The third kappa shape index (κ3) is 7.03. The fourth-order valence-electron chi connectivity index (χ4n) is 6.29. The minimum Gasteiger partial charge on any atom is -0.496 e. The first-order chi connectivity index (χ1) is 22.4. The van der Waals surface area contributed by atoms with Crippen molar-refractivity contribution in [1.29, 1.82) is 0 Å². The quantitative estimate of drug-likeness (QED) is 0.113. The molecule has 2 amide bonds. The zero-order chi connectivity index (χ0) is 35.2. The number of carbonyl (C=O) groups is 2.